The van der Waals surface area contributed by atoms with Gasteiger partial charge >= 0.3 is 0 Å². The average Bonchev–Trinajstić information content (AvgIpc) is 2.24. The Balaban J connectivity index is 2.05. The van der Waals surface area contributed by atoms with Gasteiger partial charge in [0.1, 0.15) is 5.82 Å². The van der Waals surface area contributed by atoms with Crippen molar-refractivity contribution >= 4 is 11.6 Å². The minimum Gasteiger partial charge on any atom is -0.312 e. The first-order valence-electron chi connectivity index (χ1n) is 5.55. The van der Waals surface area contributed by atoms with E-state index >= 15 is 0 Å². The summed E-state index contributed by atoms with van der Waals surface area (Å²) >= 11 is 6.04. The zero-order valence-electron chi connectivity index (χ0n) is 9.34. The Morgan fingerprint density at radius 1 is 1.56 bits per heavy atom. The van der Waals surface area contributed by atoms with Crippen LogP contribution in [0.5, 0.6) is 0 Å². The SMILES string of the molecule is C[C@@H]1CN(Cc2cc(F)ccc2Cl)CCN1. The molecule has 0 aromatic heterocycles. The molecule has 0 aliphatic carbocycles. The van der Waals surface area contributed by atoms with E-state index in [4.69, 9.17) is 11.6 Å². The van der Waals surface area contributed by atoms with E-state index in [-0.39, 0.29) is 5.82 Å². The molecule has 0 unspecified atom stereocenters. The minimum absolute atomic E-state index is 0.220. The Morgan fingerprint density at radius 3 is 3.12 bits per heavy atom. The van der Waals surface area contributed by atoms with Gasteiger partial charge in [0, 0.05) is 37.2 Å². The molecule has 1 saturated heterocycles. The molecule has 88 valence electrons. The van der Waals surface area contributed by atoms with E-state index in [0.717, 1.165) is 31.7 Å². The number of hydrogen-bond donors (Lipinski definition) is 1. The lowest BCUT2D eigenvalue weighted by Gasteiger charge is -2.32. The molecule has 2 rings (SSSR count). The number of piperazine rings is 1. The van der Waals surface area contributed by atoms with Gasteiger partial charge in [0.15, 0.2) is 0 Å². The van der Waals surface area contributed by atoms with E-state index in [1.54, 1.807) is 6.07 Å². The topological polar surface area (TPSA) is 15.3 Å². The molecule has 1 heterocycles. The second kappa shape index (κ2) is 5.13. The van der Waals surface area contributed by atoms with Crippen LogP contribution < -0.4 is 5.32 Å². The number of nitrogens with zero attached hydrogens (tertiary/aromatic N) is 1. The van der Waals surface area contributed by atoms with Gasteiger partial charge in [-0.25, -0.2) is 4.39 Å². The number of rotatable bonds is 2. The third kappa shape index (κ3) is 2.94. The van der Waals surface area contributed by atoms with Gasteiger partial charge in [0.25, 0.3) is 0 Å². The van der Waals surface area contributed by atoms with Crippen LogP contribution in [0.4, 0.5) is 4.39 Å². The molecule has 0 saturated carbocycles. The van der Waals surface area contributed by atoms with Crippen molar-refractivity contribution in [1.29, 1.82) is 0 Å². The molecule has 1 fully saturated rings. The van der Waals surface area contributed by atoms with Gasteiger partial charge in [0.2, 0.25) is 0 Å². The van der Waals surface area contributed by atoms with E-state index in [1.807, 2.05) is 0 Å². The van der Waals surface area contributed by atoms with Crippen LogP contribution in [0.3, 0.4) is 0 Å². The van der Waals surface area contributed by atoms with Crippen molar-refractivity contribution in [2.45, 2.75) is 19.5 Å². The fourth-order valence-electron chi connectivity index (χ4n) is 2.06. The van der Waals surface area contributed by atoms with Gasteiger partial charge in [-0.05, 0) is 30.7 Å². The largest absolute Gasteiger partial charge is 0.312 e. The lowest BCUT2D eigenvalue weighted by molar-refractivity contribution is 0.199. The van der Waals surface area contributed by atoms with Crippen LogP contribution in [0.25, 0.3) is 0 Å². The lowest BCUT2D eigenvalue weighted by atomic mass is 10.1. The van der Waals surface area contributed by atoms with E-state index in [0.29, 0.717) is 11.1 Å². The van der Waals surface area contributed by atoms with Crippen molar-refractivity contribution in [2.24, 2.45) is 0 Å². The molecule has 0 bridgehead atoms. The normalized spacial score (nSPS) is 22.3. The molecule has 4 heteroatoms. The molecule has 0 spiro atoms. The van der Waals surface area contributed by atoms with Crippen molar-refractivity contribution < 1.29 is 4.39 Å². The summed E-state index contributed by atoms with van der Waals surface area (Å²) in [5.41, 5.74) is 0.871. The van der Waals surface area contributed by atoms with Gasteiger partial charge in [0.05, 0.1) is 0 Å². The van der Waals surface area contributed by atoms with Gasteiger partial charge in [-0.15, -0.1) is 0 Å². The maximum atomic E-state index is 13.1. The Hall–Kier alpha value is -0.640. The fourth-order valence-corrected chi connectivity index (χ4v) is 2.24. The third-order valence-corrected chi connectivity index (χ3v) is 3.22. The highest BCUT2D eigenvalue weighted by Gasteiger charge is 2.16. The standard InChI is InChI=1S/C12H16ClFN2/c1-9-7-16(5-4-15-9)8-10-6-11(14)2-3-12(10)13/h2-3,6,9,15H,4-5,7-8H2,1H3/t9-/m1/s1. The summed E-state index contributed by atoms with van der Waals surface area (Å²) < 4.78 is 13.1. The number of halogens is 2. The van der Waals surface area contributed by atoms with E-state index in [9.17, 15) is 4.39 Å². The van der Waals surface area contributed by atoms with Crippen molar-refractivity contribution in [1.82, 2.24) is 10.2 Å². The molecule has 0 amide bonds. The number of nitrogens with one attached hydrogen (secondary N) is 1. The van der Waals surface area contributed by atoms with Gasteiger partial charge in [-0.2, -0.15) is 0 Å². The maximum Gasteiger partial charge on any atom is 0.123 e. The zero-order valence-corrected chi connectivity index (χ0v) is 10.1. The number of benzene rings is 1. The highest BCUT2D eigenvalue weighted by Crippen LogP contribution is 2.19. The van der Waals surface area contributed by atoms with Gasteiger partial charge in [-0.3, -0.25) is 4.90 Å². The second-order valence-electron chi connectivity index (χ2n) is 4.33. The lowest BCUT2D eigenvalue weighted by Crippen LogP contribution is -2.48. The van der Waals surface area contributed by atoms with Gasteiger partial charge in [-0.1, -0.05) is 11.6 Å². The summed E-state index contributed by atoms with van der Waals surface area (Å²) in [4.78, 5) is 2.29. The monoisotopic (exact) mass is 242 g/mol. The molecule has 0 radical (unpaired) electrons. The Morgan fingerprint density at radius 2 is 2.38 bits per heavy atom. The minimum atomic E-state index is -0.220. The second-order valence-corrected chi connectivity index (χ2v) is 4.73. The summed E-state index contributed by atoms with van der Waals surface area (Å²) in [5.74, 6) is -0.220. The molecule has 1 atom stereocenters. The predicted octanol–water partition coefficient (Wildman–Crippen LogP) is 2.27. The smallest absolute Gasteiger partial charge is 0.123 e. The Labute approximate surface area is 100 Å². The van der Waals surface area contributed by atoms with E-state index in [2.05, 4.69) is 17.1 Å². The molecular formula is C12H16ClFN2. The molecule has 1 N–H and O–H groups in total. The van der Waals surface area contributed by atoms with E-state index in [1.165, 1.54) is 12.1 Å². The molecular weight excluding hydrogens is 227 g/mol. The first-order valence-corrected chi connectivity index (χ1v) is 5.92. The maximum absolute atomic E-state index is 13.1. The first-order chi connectivity index (χ1) is 7.65. The predicted molar refractivity (Wildman–Crippen MR) is 64.2 cm³/mol. The highest BCUT2D eigenvalue weighted by atomic mass is 35.5. The Kier molecular flexibility index (Phi) is 3.79. The summed E-state index contributed by atoms with van der Waals surface area (Å²) in [6.07, 6.45) is 0. The van der Waals surface area contributed by atoms with Crippen LogP contribution >= 0.6 is 11.6 Å². The fraction of sp³-hybridized carbons (Fsp3) is 0.500. The van der Waals surface area contributed by atoms with Crippen LogP contribution in [-0.4, -0.2) is 30.6 Å². The van der Waals surface area contributed by atoms with Crippen molar-refractivity contribution in [3.05, 3.63) is 34.6 Å². The molecule has 16 heavy (non-hydrogen) atoms. The summed E-state index contributed by atoms with van der Waals surface area (Å²) in [6.45, 7) is 5.82. The quantitative estimate of drug-likeness (QED) is 0.856. The zero-order chi connectivity index (χ0) is 11.5. The first kappa shape index (κ1) is 11.8. The summed E-state index contributed by atoms with van der Waals surface area (Å²) in [6, 6.07) is 5.03. The van der Waals surface area contributed by atoms with Crippen LogP contribution in [0.15, 0.2) is 18.2 Å². The van der Waals surface area contributed by atoms with Crippen molar-refractivity contribution in [2.75, 3.05) is 19.6 Å². The number of hydrogen-bond acceptors (Lipinski definition) is 2. The molecule has 1 aliphatic rings. The summed E-state index contributed by atoms with van der Waals surface area (Å²) in [7, 11) is 0. The van der Waals surface area contributed by atoms with Gasteiger partial charge < -0.3 is 5.32 Å². The molecule has 1 aliphatic heterocycles. The molecule has 2 nitrogen and oxygen atoms in total. The van der Waals surface area contributed by atoms with Crippen LogP contribution in [-0.2, 0) is 6.54 Å². The Bertz CT molecular complexity index is 370. The highest BCUT2D eigenvalue weighted by molar-refractivity contribution is 6.31. The molecule has 1 aromatic rings. The van der Waals surface area contributed by atoms with E-state index < -0.39 is 0 Å². The van der Waals surface area contributed by atoms with Crippen LogP contribution in [0.2, 0.25) is 5.02 Å². The van der Waals surface area contributed by atoms with Crippen LogP contribution in [0, 0.1) is 5.82 Å². The van der Waals surface area contributed by atoms with Crippen molar-refractivity contribution in [3.63, 3.8) is 0 Å². The van der Waals surface area contributed by atoms with Crippen molar-refractivity contribution in [3.8, 4) is 0 Å². The average molecular weight is 243 g/mol. The molecule has 1 aromatic carbocycles. The van der Waals surface area contributed by atoms with Crippen LogP contribution in [0.1, 0.15) is 12.5 Å². The summed E-state index contributed by atoms with van der Waals surface area (Å²) in [5, 5.41) is 4.02. The third-order valence-electron chi connectivity index (χ3n) is 2.85.